The van der Waals surface area contributed by atoms with Gasteiger partial charge in [-0.25, -0.2) is 0 Å². The van der Waals surface area contributed by atoms with E-state index < -0.39 is 0 Å². The molecule has 0 amide bonds. The quantitative estimate of drug-likeness (QED) is 0.864. The third kappa shape index (κ3) is 3.69. The average molecular weight is 259 g/mol. The molecule has 19 heavy (non-hydrogen) atoms. The van der Waals surface area contributed by atoms with Crippen molar-refractivity contribution in [2.75, 3.05) is 14.2 Å². The number of likely N-dealkylation sites (N-methyl/N-ethyl adjacent to an activating group) is 1. The van der Waals surface area contributed by atoms with Gasteiger partial charge in [-0.3, -0.25) is 0 Å². The van der Waals surface area contributed by atoms with Crippen molar-refractivity contribution in [3.8, 4) is 0 Å². The van der Waals surface area contributed by atoms with Gasteiger partial charge in [-0.05, 0) is 38.1 Å². The lowest BCUT2D eigenvalue weighted by Gasteiger charge is -2.14. The van der Waals surface area contributed by atoms with E-state index in [9.17, 15) is 0 Å². The van der Waals surface area contributed by atoms with Gasteiger partial charge in [0.2, 0.25) is 0 Å². The van der Waals surface area contributed by atoms with E-state index in [2.05, 4.69) is 36.5 Å². The van der Waals surface area contributed by atoms with Gasteiger partial charge in [-0.15, -0.1) is 0 Å². The molecule has 1 aromatic heterocycles. The van der Waals surface area contributed by atoms with E-state index in [1.54, 1.807) is 7.11 Å². The van der Waals surface area contributed by atoms with Gasteiger partial charge in [-0.2, -0.15) is 0 Å². The predicted octanol–water partition coefficient (Wildman–Crippen LogP) is 3.24. The molecule has 0 saturated heterocycles. The van der Waals surface area contributed by atoms with E-state index in [1.807, 2.05) is 19.2 Å². The number of hydrogen-bond donors (Lipinski definition) is 1. The van der Waals surface area contributed by atoms with Crippen molar-refractivity contribution in [1.82, 2.24) is 5.32 Å². The summed E-state index contributed by atoms with van der Waals surface area (Å²) in [6.07, 6.45) is 0.913. The number of aryl methyl sites for hydroxylation is 1. The lowest BCUT2D eigenvalue weighted by Crippen LogP contribution is -2.18. The summed E-state index contributed by atoms with van der Waals surface area (Å²) in [6.45, 7) is 2.61. The van der Waals surface area contributed by atoms with Gasteiger partial charge in [0.25, 0.3) is 0 Å². The molecular weight excluding hydrogens is 238 g/mol. The van der Waals surface area contributed by atoms with Gasteiger partial charge in [-0.1, -0.05) is 29.8 Å². The monoisotopic (exact) mass is 259 g/mol. The zero-order chi connectivity index (χ0) is 13.7. The molecule has 1 unspecified atom stereocenters. The maximum atomic E-state index is 5.79. The second-order valence-corrected chi connectivity index (χ2v) is 4.77. The summed E-state index contributed by atoms with van der Waals surface area (Å²) in [4.78, 5) is 0. The predicted molar refractivity (Wildman–Crippen MR) is 76.1 cm³/mol. The molecule has 0 radical (unpaired) electrons. The Morgan fingerprint density at radius 3 is 2.53 bits per heavy atom. The van der Waals surface area contributed by atoms with Gasteiger partial charge < -0.3 is 14.5 Å². The van der Waals surface area contributed by atoms with Crippen LogP contribution in [0, 0.1) is 6.92 Å². The molecule has 0 bridgehead atoms. The van der Waals surface area contributed by atoms with Crippen LogP contribution in [0.15, 0.2) is 40.8 Å². The van der Waals surface area contributed by atoms with Crippen LogP contribution in [-0.2, 0) is 17.8 Å². The first kappa shape index (κ1) is 13.8. The van der Waals surface area contributed by atoms with Crippen LogP contribution < -0.4 is 5.32 Å². The van der Waals surface area contributed by atoms with Crippen LogP contribution in [0.3, 0.4) is 0 Å². The number of methoxy groups -OCH3 is 1. The lowest BCUT2D eigenvalue weighted by molar-refractivity contribution is 0.161. The van der Waals surface area contributed by atoms with Crippen molar-refractivity contribution in [3.05, 3.63) is 59.0 Å². The van der Waals surface area contributed by atoms with Crippen molar-refractivity contribution in [2.45, 2.75) is 26.0 Å². The molecule has 2 rings (SSSR count). The van der Waals surface area contributed by atoms with Crippen molar-refractivity contribution in [2.24, 2.45) is 0 Å². The first-order valence-corrected chi connectivity index (χ1v) is 6.53. The molecule has 3 heteroatoms. The zero-order valence-corrected chi connectivity index (χ0v) is 11.8. The van der Waals surface area contributed by atoms with Gasteiger partial charge in [0.15, 0.2) is 0 Å². The number of furan rings is 1. The third-order valence-corrected chi connectivity index (χ3v) is 3.22. The number of ether oxygens (including phenoxy) is 1. The highest BCUT2D eigenvalue weighted by Crippen LogP contribution is 2.21. The highest BCUT2D eigenvalue weighted by Gasteiger charge is 2.14. The Bertz CT molecular complexity index is 502. The third-order valence-electron chi connectivity index (χ3n) is 3.22. The standard InChI is InChI=1S/C16H21NO2/c1-12-4-6-13(7-5-12)10-15(17-2)16-9-8-14(19-16)11-18-3/h4-9,15,17H,10-11H2,1-3H3. The SMILES string of the molecule is CNC(Cc1ccc(C)cc1)c1ccc(COC)o1. The molecule has 2 aromatic rings. The minimum Gasteiger partial charge on any atom is -0.462 e. The van der Waals surface area contributed by atoms with Crippen molar-refractivity contribution >= 4 is 0 Å². The van der Waals surface area contributed by atoms with Gasteiger partial charge in [0.1, 0.15) is 18.1 Å². The fraction of sp³-hybridized carbons (Fsp3) is 0.375. The van der Waals surface area contributed by atoms with Crippen LogP contribution in [0.25, 0.3) is 0 Å². The number of benzene rings is 1. The Kier molecular flexibility index (Phi) is 4.77. The number of hydrogen-bond acceptors (Lipinski definition) is 3. The number of nitrogens with one attached hydrogen (secondary N) is 1. The van der Waals surface area contributed by atoms with E-state index in [0.717, 1.165) is 17.9 Å². The topological polar surface area (TPSA) is 34.4 Å². The maximum absolute atomic E-state index is 5.79. The van der Waals surface area contributed by atoms with Crippen molar-refractivity contribution < 1.29 is 9.15 Å². The minimum atomic E-state index is 0.188. The zero-order valence-electron chi connectivity index (χ0n) is 11.8. The smallest absolute Gasteiger partial charge is 0.129 e. The van der Waals surface area contributed by atoms with Gasteiger partial charge >= 0.3 is 0 Å². The number of rotatable bonds is 6. The van der Waals surface area contributed by atoms with Gasteiger partial charge in [0.05, 0.1) is 6.04 Å². The molecule has 1 N–H and O–H groups in total. The van der Waals surface area contributed by atoms with Crippen LogP contribution in [-0.4, -0.2) is 14.2 Å². The summed E-state index contributed by atoms with van der Waals surface area (Å²) in [5, 5.41) is 3.30. The van der Waals surface area contributed by atoms with Crippen molar-refractivity contribution in [1.29, 1.82) is 0 Å². The molecule has 1 aromatic carbocycles. The molecule has 1 heterocycles. The van der Waals surface area contributed by atoms with Crippen LogP contribution in [0.2, 0.25) is 0 Å². The second kappa shape index (κ2) is 6.55. The summed E-state index contributed by atoms with van der Waals surface area (Å²) < 4.78 is 10.9. The first-order valence-electron chi connectivity index (χ1n) is 6.53. The molecule has 0 fully saturated rings. The summed E-state index contributed by atoms with van der Waals surface area (Å²) in [5.41, 5.74) is 2.58. The molecule has 0 aliphatic rings. The summed E-state index contributed by atoms with van der Waals surface area (Å²) >= 11 is 0. The molecule has 0 aliphatic heterocycles. The fourth-order valence-corrected chi connectivity index (χ4v) is 2.11. The summed E-state index contributed by atoms with van der Waals surface area (Å²) in [7, 11) is 3.63. The highest BCUT2D eigenvalue weighted by atomic mass is 16.5. The van der Waals surface area contributed by atoms with Crippen LogP contribution in [0.5, 0.6) is 0 Å². The molecule has 0 saturated carbocycles. The molecule has 0 aliphatic carbocycles. The normalized spacial score (nSPS) is 12.6. The van der Waals surface area contributed by atoms with E-state index in [1.165, 1.54) is 11.1 Å². The van der Waals surface area contributed by atoms with E-state index in [0.29, 0.717) is 6.61 Å². The highest BCUT2D eigenvalue weighted by molar-refractivity contribution is 5.23. The molecular formula is C16H21NO2. The Balaban J connectivity index is 2.08. The Labute approximate surface area is 114 Å². The summed E-state index contributed by atoms with van der Waals surface area (Å²) in [6, 6.07) is 12.8. The Morgan fingerprint density at radius 2 is 1.89 bits per heavy atom. The average Bonchev–Trinajstić information content (AvgIpc) is 2.87. The van der Waals surface area contributed by atoms with Crippen LogP contribution in [0.4, 0.5) is 0 Å². The largest absolute Gasteiger partial charge is 0.462 e. The fourth-order valence-electron chi connectivity index (χ4n) is 2.11. The molecule has 1 atom stereocenters. The minimum absolute atomic E-state index is 0.188. The summed E-state index contributed by atoms with van der Waals surface area (Å²) in [5.74, 6) is 1.82. The van der Waals surface area contributed by atoms with Crippen molar-refractivity contribution in [3.63, 3.8) is 0 Å². The van der Waals surface area contributed by atoms with E-state index in [4.69, 9.17) is 9.15 Å². The van der Waals surface area contributed by atoms with E-state index in [-0.39, 0.29) is 6.04 Å². The van der Waals surface area contributed by atoms with Gasteiger partial charge in [0, 0.05) is 7.11 Å². The molecule has 3 nitrogen and oxygen atoms in total. The van der Waals surface area contributed by atoms with Crippen LogP contribution >= 0.6 is 0 Å². The lowest BCUT2D eigenvalue weighted by atomic mass is 10.0. The Morgan fingerprint density at radius 1 is 1.16 bits per heavy atom. The second-order valence-electron chi connectivity index (χ2n) is 4.77. The maximum Gasteiger partial charge on any atom is 0.129 e. The molecule has 102 valence electrons. The molecule has 0 spiro atoms. The van der Waals surface area contributed by atoms with E-state index >= 15 is 0 Å². The first-order chi connectivity index (χ1) is 9.22. The van der Waals surface area contributed by atoms with Crippen LogP contribution in [0.1, 0.15) is 28.7 Å². The Hall–Kier alpha value is -1.58.